The Morgan fingerprint density at radius 1 is 1.09 bits per heavy atom. The molecule has 0 saturated carbocycles. The Balaban J connectivity index is 1.66. The van der Waals surface area contributed by atoms with Crippen molar-refractivity contribution < 1.29 is 14.3 Å². The van der Waals surface area contributed by atoms with Gasteiger partial charge >= 0.3 is 5.97 Å². The van der Waals surface area contributed by atoms with Gasteiger partial charge in [-0.15, -0.1) is 0 Å². The number of carbonyl (C=O) groups is 1. The quantitative estimate of drug-likeness (QED) is 0.289. The fourth-order valence-corrected chi connectivity index (χ4v) is 5.19. The van der Waals surface area contributed by atoms with Gasteiger partial charge in [-0.2, -0.15) is 0 Å². The van der Waals surface area contributed by atoms with Gasteiger partial charge < -0.3 is 9.47 Å². The first-order valence-corrected chi connectivity index (χ1v) is 11.9. The monoisotopic (exact) mass is 493 g/mol. The number of hydrogen-bond acceptors (Lipinski definition) is 4. The van der Waals surface area contributed by atoms with E-state index < -0.39 is 0 Å². The molecule has 4 nitrogen and oxygen atoms in total. The third-order valence-corrected chi connectivity index (χ3v) is 6.63. The number of esters is 1. The number of nitrogens with zero attached hydrogens (tertiary/aromatic N) is 1. The maximum atomic E-state index is 12.7. The van der Waals surface area contributed by atoms with Crippen molar-refractivity contribution in [1.82, 2.24) is 4.90 Å². The van der Waals surface area contributed by atoms with Crippen LogP contribution in [0.15, 0.2) is 71.2 Å². The van der Waals surface area contributed by atoms with E-state index in [0.29, 0.717) is 11.3 Å². The maximum absolute atomic E-state index is 12.7. The van der Waals surface area contributed by atoms with Crippen LogP contribution in [-0.2, 0) is 12.8 Å². The van der Waals surface area contributed by atoms with Crippen molar-refractivity contribution in [2.75, 3.05) is 20.2 Å². The summed E-state index contributed by atoms with van der Waals surface area (Å²) in [6.07, 6.45) is 2.84. The maximum Gasteiger partial charge on any atom is 0.343 e. The molecule has 0 aromatic heterocycles. The van der Waals surface area contributed by atoms with E-state index in [1.54, 1.807) is 19.2 Å². The van der Waals surface area contributed by atoms with Crippen LogP contribution in [0.5, 0.6) is 11.5 Å². The van der Waals surface area contributed by atoms with Crippen LogP contribution >= 0.6 is 15.9 Å². The molecule has 1 heterocycles. The van der Waals surface area contributed by atoms with Gasteiger partial charge in [0.15, 0.2) is 0 Å². The fourth-order valence-electron chi connectivity index (χ4n) is 4.45. The van der Waals surface area contributed by atoms with Gasteiger partial charge in [0.2, 0.25) is 0 Å². The van der Waals surface area contributed by atoms with Crippen LogP contribution in [0.1, 0.15) is 46.4 Å². The lowest BCUT2D eigenvalue weighted by Crippen LogP contribution is -2.37. The Morgan fingerprint density at radius 3 is 2.59 bits per heavy atom. The first kappa shape index (κ1) is 22.6. The highest BCUT2D eigenvalue weighted by atomic mass is 79.9. The third-order valence-electron chi connectivity index (χ3n) is 5.98. The molecule has 1 atom stereocenters. The van der Waals surface area contributed by atoms with E-state index in [1.807, 2.05) is 42.5 Å². The summed E-state index contributed by atoms with van der Waals surface area (Å²) in [4.78, 5) is 15.2. The summed E-state index contributed by atoms with van der Waals surface area (Å²) in [5, 5.41) is 0. The van der Waals surface area contributed by atoms with E-state index in [2.05, 4.69) is 39.9 Å². The Kier molecular flexibility index (Phi) is 7.28. The van der Waals surface area contributed by atoms with Crippen molar-refractivity contribution in [3.8, 4) is 11.5 Å². The Morgan fingerprint density at radius 2 is 1.84 bits per heavy atom. The summed E-state index contributed by atoms with van der Waals surface area (Å²) in [6.45, 7) is 4.23. The summed E-state index contributed by atoms with van der Waals surface area (Å²) < 4.78 is 12.4. The predicted octanol–water partition coefficient (Wildman–Crippen LogP) is 6.23. The second-order valence-electron chi connectivity index (χ2n) is 8.05. The van der Waals surface area contributed by atoms with Gasteiger partial charge in [-0.25, -0.2) is 4.79 Å². The number of hydrogen-bond donors (Lipinski definition) is 0. The van der Waals surface area contributed by atoms with Crippen LogP contribution in [-0.4, -0.2) is 31.1 Å². The number of para-hydroxylation sites is 1. The third kappa shape index (κ3) is 4.89. The van der Waals surface area contributed by atoms with Crippen molar-refractivity contribution >= 4 is 21.9 Å². The number of carbonyl (C=O) groups excluding carboxylic acids is 1. The highest BCUT2D eigenvalue weighted by Crippen LogP contribution is 2.40. The molecule has 1 unspecified atom stereocenters. The van der Waals surface area contributed by atoms with Crippen molar-refractivity contribution in [3.63, 3.8) is 0 Å². The van der Waals surface area contributed by atoms with E-state index in [-0.39, 0.29) is 12.0 Å². The van der Waals surface area contributed by atoms with E-state index in [1.165, 1.54) is 11.1 Å². The van der Waals surface area contributed by atoms with Gasteiger partial charge in [0.25, 0.3) is 0 Å². The number of halogens is 1. The second-order valence-corrected chi connectivity index (χ2v) is 8.91. The van der Waals surface area contributed by atoms with Gasteiger partial charge in [-0.3, -0.25) is 4.90 Å². The van der Waals surface area contributed by atoms with Crippen LogP contribution in [0.2, 0.25) is 0 Å². The normalized spacial score (nSPS) is 15.8. The standard InChI is InChI=1S/C27H28BrNO3/c1-3-14-29-15-13-21-16-22(31-2)18-23(28)26(21)24(29)17-20-11-7-8-12-25(20)32-27(30)19-9-5-4-6-10-19/h4-12,16,18,24H,3,13-15,17H2,1-2H3. The molecule has 0 spiro atoms. The minimum atomic E-state index is -0.335. The van der Waals surface area contributed by atoms with E-state index in [9.17, 15) is 4.79 Å². The summed E-state index contributed by atoms with van der Waals surface area (Å²) in [6, 6.07) is 21.4. The number of methoxy groups -OCH3 is 1. The lowest BCUT2D eigenvalue weighted by molar-refractivity contribution is 0.0732. The number of ether oxygens (including phenoxy) is 2. The van der Waals surface area contributed by atoms with Gasteiger partial charge in [0, 0.05) is 17.1 Å². The summed E-state index contributed by atoms with van der Waals surface area (Å²) in [5.74, 6) is 1.16. The van der Waals surface area contributed by atoms with Gasteiger partial charge in [-0.05, 0) is 72.8 Å². The average Bonchev–Trinajstić information content (AvgIpc) is 2.82. The number of benzene rings is 3. The van der Waals surface area contributed by atoms with Gasteiger partial charge in [0.1, 0.15) is 11.5 Å². The molecule has 1 aliphatic heterocycles. The molecule has 166 valence electrons. The molecule has 0 fully saturated rings. The lowest BCUT2D eigenvalue weighted by atomic mass is 9.88. The molecule has 0 bridgehead atoms. The first-order chi connectivity index (χ1) is 15.6. The van der Waals surface area contributed by atoms with Crippen LogP contribution in [0, 0.1) is 0 Å². The molecule has 1 aliphatic rings. The molecule has 3 aromatic rings. The molecule has 32 heavy (non-hydrogen) atoms. The molecule has 0 N–H and O–H groups in total. The SMILES string of the molecule is CCCN1CCc2cc(OC)cc(Br)c2C1Cc1ccccc1OC(=O)c1ccccc1. The van der Waals surface area contributed by atoms with E-state index in [0.717, 1.165) is 48.1 Å². The number of fused-ring (bicyclic) bond motifs is 1. The number of rotatable bonds is 7. The molecule has 3 aromatic carbocycles. The fraction of sp³-hybridized carbons (Fsp3) is 0.296. The molecular formula is C27H28BrNO3. The second kappa shape index (κ2) is 10.3. The van der Waals surface area contributed by atoms with Crippen LogP contribution in [0.25, 0.3) is 0 Å². The van der Waals surface area contributed by atoms with E-state index >= 15 is 0 Å². The minimum Gasteiger partial charge on any atom is -0.497 e. The Bertz CT molecular complexity index is 1080. The Labute approximate surface area is 198 Å². The van der Waals surface area contributed by atoms with Crippen molar-refractivity contribution in [2.45, 2.75) is 32.2 Å². The average molecular weight is 494 g/mol. The van der Waals surface area contributed by atoms with Gasteiger partial charge in [0.05, 0.1) is 12.7 Å². The molecule has 0 amide bonds. The molecule has 0 aliphatic carbocycles. The molecule has 5 heteroatoms. The van der Waals surface area contributed by atoms with Crippen molar-refractivity contribution in [2.24, 2.45) is 0 Å². The van der Waals surface area contributed by atoms with E-state index in [4.69, 9.17) is 9.47 Å². The van der Waals surface area contributed by atoms with Crippen molar-refractivity contribution in [3.05, 3.63) is 93.5 Å². The zero-order chi connectivity index (χ0) is 22.5. The van der Waals surface area contributed by atoms with Gasteiger partial charge in [-0.1, -0.05) is 59.3 Å². The molecule has 4 rings (SSSR count). The molecule has 0 radical (unpaired) electrons. The first-order valence-electron chi connectivity index (χ1n) is 11.1. The smallest absolute Gasteiger partial charge is 0.343 e. The van der Waals surface area contributed by atoms with Crippen molar-refractivity contribution in [1.29, 1.82) is 0 Å². The highest BCUT2D eigenvalue weighted by Gasteiger charge is 2.30. The van der Waals surface area contributed by atoms with Crippen LogP contribution in [0.4, 0.5) is 0 Å². The largest absolute Gasteiger partial charge is 0.497 e. The molecule has 0 saturated heterocycles. The lowest BCUT2D eigenvalue weighted by Gasteiger charge is -2.38. The predicted molar refractivity (Wildman–Crippen MR) is 131 cm³/mol. The zero-order valence-electron chi connectivity index (χ0n) is 18.5. The van der Waals surface area contributed by atoms with Crippen LogP contribution in [0.3, 0.4) is 0 Å². The Hall–Kier alpha value is -2.63. The molecular weight excluding hydrogens is 466 g/mol. The highest BCUT2D eigenvalue weighted by molar-refractivity contribution is 9.10. The minimum absolute atomic E-state index is 0.190. The summed E-state index contributed by atoms with van der Waals surface area (Å²) in [7, 11) is 1.70. The topological polar surface area (TPSA) is 38.8 Å². The summed E-state index contributed by atoms with van der Waals surface area (Å²) in [5.41, 5.74) is 4.19. The van der Waals surface area contributed by atoms with Crippen LogP contribution < -0.4 is 9.47 Å². The zero-order valence-corrected chi connectivity index (χ0v) is 20.1. The summed E-state index contributed by atoms with van der Waals surface area (Å²) >= 11 is 3.80.